The van der Waals surface area contributed by atoms with Crippen molar-refractivity contribution < 1.29 is 41.8 Å². The molecule has 2 aliphatic carbocycles. The van der Waals surface area contributed by atoms with E-state index in [0.29, 0.717) is 56.1 Å². The molecule has 3 aliphatic heterocycles. The molecule has 10 rings (SSSR count). The third-order valence-electron chi connectivity index (χ3n) is 16.8. The van der Waals surface area contributed by atoms with Crippen LogP contribution in [-0.4, -0.2) is 127 Å². The van der Waals surface area contributed by atoms with Crippen molar-refractivity contribution in [3.05, 3.63) is 99.6 Å². The number of methoxy groups -OCH3 is 1. The van der Waals surface area contributed by atoms with Crippen molar-refractivity contribution >= 4 is 44.2 Å². The molecule has 402 valence electrons. The minimum atomic E-state index is -4.73. The van der Waals surface area contributed by atoms with Crippen LogP contribution in [-0.2, 0) is 14.8 Å². The van der Waals surface area contributed by atoms with Crippen LogP contribution >= 0.6 is 0 Å². The monoisotopic (exact) mass is 1050 g/mol. The molecule has 0 unspecified atom stereocenters. The van der Waals surface area contributed by atoms with Crippen molar-refractivity contribution in [2.24, 2.45) is 17.3 Å². The molecule has 5 aliphatic rings. The van der Waals surface area contributed by atoms with Crippen molar-refractivity contribution in [3.63, 3.8) is 0 Å². The van der Waals surface area contributed by atoms with Gasteiger partial charge in [0.25, 0.3) is 21.8 Å². The number of sulfonamides is 1. The lowest BCUT2D eigenvalue weighted by Gasteiger charge is -2.58. The number of H-pyrrole nitrogens is 1. The van der Waals surface area contributed by atoms with E-state index < -0.39 is 42.9 Å². The number of rotatable bonds is 16. The first-order chi connectivity index (χ1) is 36.0. The molecule has 1 atom stereocenters. The number of aromatic amines is 1. The minimum Gasteiger partial charge on any atom is -0.478 e. The van der Waals surface area contributed by atoms with Crippen LogP contribution in [0.25, 0.3) is 11.0 Å². The summed E-state index contributed by atoms with van der Waals surface area (Å²) in [5, 5.41) is 25.7. The molecule has 3 aromatic heterocycles. The van der Waals surface area contributed by atoms with Crippen molar-refractivity contribution in [1.82, 2.24) is 29.5 Å². The molecule has 2 saturated carbocycles. The number of nitro groups is 1. The third-order valence-corrected chi connectivity index (χ3v) is 18.1. The normalized spacial score (nSPS) is 23.1. The van der Waals surface area contributed by atoms with Crippen LogP contribution in [0.3, 0.4) is 0 Å². The molecule has 18 nitrogen and oxygen atoms in total. The molecular weight excluding hydrogens is 982 g/mol. The molecule has 6 heterocycles. The van der Waals surface area contributed by atoms with Gasteiger partial charge in [0, 0.05) is 101 Å². The molecule has 75 heavy (non-hydrogen) atoms. The van der Waals surface area contributed by atoms with E-state index in [0.717, 1.165) is 115 Å². The van der Waals surface area contributed by atoms with Crippen molar-refractivity contribution in [2.75, 3.05) is 76.4 Å². The summed E-state index contributed by atoms with van der Waals surface area (Å²) < 4.78 is 62.3. The number of pyridine rings is 2. The van der Waals surface area contributed by atoms with Gasteiger partial charge < -0.3 is 34.5 Å². The Bertz CT molecular complexity index is 2990. The van der Waals surface area contributed by atoms with Gasteiger partial charge in [-0.2, -0.15) is 4.98 Å². The van der Waals surface area contributed by atoms with Gasteiger partial charge in [0.15, 0.2) is 5.75 Å². The number of piperidine rings is 1. The molecule has 5 aromatic rings. The summed E-state index contributed by atoms with van der Waals surface area (Å²) in [6.45, 7) is 14.2. The first-order valence-corrected chi connectivity index (χ1v) is 28.1. The molecule has 1 amide bonds. The average Bonchev–Trinajstić information content (AvgIpc) is 3.78. The van der Waals surface area contributed by atoms with Gasteiger partial charge in [-0.1, -0.05) is 38.1 Å². The molecule has 1 spiro atoms. The highest BCUT2D eigenvalue weighted by Gasteiger charge is 2.50. The smallest absolute Gasteiger partial charge is 0.312 e. The number of carbonyl (C=O) groups is 1. The minimum absolute atomic E-state index is 0.00806. The maximum Gasteiger partial charge on any atom is 0.312 e. The fourth-order valence-corrected chi connectivity index (χ4v) is 13.3. The zero-order chi connectivity index (χ0) is 52.6. The molecule has 5 fully saturated rings. The Balaban J connectivity index is 0.855. The number of anilines is 2. The third kappa shape index (κ3) is 11.5. The highest BCUT2D eigenvalue weighted by Crippen LogP contribution is 2.53. The number of hydrogen-bond donors (Lipinski definition) is 4. The number of halogens is 1. The number of piperazine rings is 1. The van der Waals surface area contributed by atoms with Crippen LogP contribution in [0.15, 0.2) is 71.9 Å². The van der Waals surface area contributed by atoms with Crippen LogP contribution in [0.5, 0.6) is 17.4 Å². The summed E-state index contributed by atoms with van der Waals surface area (Å²) in [5.74, 6) is -0.609. The fraction of sp³-hybridized carbons (Fsp3) is 0.545. The topological polar surface area (TPSA) is 218 Å². The number of benzene rings is 2. The van der Waals surface area contributed by atoms with Crippen LogP contribution in [0.1, 0.15) is 118 Å². The lowest BCUT2D eigenvalue weighted by Crippen LogP contribution is -2.60. The Kier molecular flexibility index (Phi) is 15.1. The van der Waals surface area contributed by atoms with Crippen molar-refractivity contribution in [3.8, 4) is 17.4 Å². The van der Waals surface area contributed by atoms with Crippen LogP contribution in [0, 0.1) is 33.2 Å². The van der Waals surface area contributed by atoms with Gasteiger partial charge in [0.2, 0.25) is 5.82 Å². The van der Waals surface area contributed by atoms with E-state index in [-0.39, 0.29) is 51.1 Å². The van der Waals surface area contributed by atoms with E-state index in [9.17, 15) is 32.8 Å². The lowest BCUT2D eigenvalue weighted by molar-refractivity contribution is -0.384. The zero-order valence-corrected chi connectivity index (χ0v) is 44.2. The van der Waals surface area contributed by atoms with Crippen molar-refractivity contribution in [1.29, 1.82) is 0 Å². The maximum absolute atomic E-state index is 14.9. The van der Waals surface area contributed by atoms with E-state index in [4.69, 9.17) is 14.2 Å². The molecular formula is C55H70FN9O9S. The molecule has 0 radical (unpaired) electrons. The largest absolute Gasteiger partial charge is 0.478 e. The van der Waals surface area contributed by atoms with E-state index in [2.05, 4.69) is 77.8 Å². The molecule has 20 heteroatoms. The quantitative estimate of drug-likeness (QED) is 0.0536. The van der Waals surface area contributed by atoms with Gasteiger partial charge in [-0.15, -0.1) is 0 Å². The summed E-state index contributed by atoms with van der Waals surface area (Å²) in [5.41, 5.74) is 2.52. The fourth-order valence-electron chi connectivity index (χ4n) is 12.3. The number of aliphatic hydroxyl groups is 1. The second-order valence-electron chi connectivity index (χ2n) is 22.3. The first-order valence-electron chi connectivity index (χ1n) is 26.6. The zero-order valence-electron chi connectivity index (χ0n) is 43.4. The highest BCUT2D eigenvalue weighted by atomic mass is 32.2. The van der Waals surface area contributed by atoms with Gasteiger partial charge in [-0.25, -0.2) is 22.5 Å². The van der Waals surface area contributed by atoms with Crippen LogP contribution < -0.4 is 24.4 Å². The number of carbonyl (C=O) groups excluding carboxylic acids is 1. The summed E-state index contributed by atoms with van der Waals surface area (Å²) in [6, 6.07) is 17.0. The summed E-state index contributed by atoms with van der Waals surface area (Å²) >= 11 is 0. The van der Waals surface area contributed by atoms with E-state index in [1.165, 1.54) is 30.4 Å². The van der Waals surface area contributed by atoms with E-state index in [1.54, 1.807) is 19.1 Å². The Morgan fingerprint density at radius 3 is 2.47 bits per heavy atom. The number of ether oxygens (including phenoxy) is 3. The summed E-state index contributed by atoms with van der Waals surface area (Å²) in [4.78, 5) is 44.1. The number of nitrogens with one attached hydrogen (secondary N) is 3. The number of hydrogen-bond acceptors (Lipinski definition) is 15. The second-order valence-corrected chi connectivity index (χ2v) is 23.9. The Morgan fingerprint density at radius 1 is 1.00 bits per heavy atom. The molecule has 3 saturated heterocycles. The number of fused-ring (bicyclic) bond motifs is 1. The number of aromatic nitrogens is 3. The highest BCUT2D eigenvalue weighted by molar-refractivity contribution is 7.90. The average molecular weight is 1050 g/mol. The number of amides is 1. The second kappa shape index (κ2) is 21.6. The standard InChI is InChI=1S/C55H70FN9O9S/c1-35(2)41-7-5-6-8-42(41)47-34-62(33-37-13-23-73-24-14-37)21-22-64(47)39-28-55(29-39)17-19-63(20-18-55)38-9-10-43(48(25-38)74-49-27-44-45(56)32-59-50(44)60-53(49)72-4)52(66)61-75(70,71)40-26-46(65(68)69)51(58-31-40)57-30-36-11-15-54(3,67)16-12-36/h5-10,25-27,31-32,35-37,39,47,67H,11-24,28-30,33-34H2,1-4H3,(H,57,58)(H,59,60)(H,61,66)/t36?,47-,54?/m0/s1. The maximum atomic E-state index is 14.9. The number of nitrogens with zero attached hydrogens (tertiary/aromatic N) is 6. The van der Waals surface area contributed by atoms with Crippen molar-refractivity contribution in [2.45, 2.75) is 113 Å². The van der Waals surface area contributed by atoms with Gasteiger partial charge >= 0.3 is 5.69 Å². The van der Waals surface area contributed by atoms with Gasteiger partial charge in [-0.05, 0) is 118 Å². The molecule has 4 N–H and O–H groups in total. The van der Waals surface area contributed by atoms with Gasteiger partial charge in [0.1, 0.15) is 22.1 Å². The Morgan fingerprint density at radius 2 is 1.75 bits per heavy atom. The van der Waals surface area contributed by atoms with E-state index >= 15 is 0 Å². The first kappa shape index (κ1) is 52.5. The lowest BCUT2D eigenvalue weighted by atomic mass is 9.59. The molecule has 0 bridgehead atoms. The molecule has 2 aromatic carbocycles. The van der Waals surface area contributed by atoms with Crippen LogP contribution in [0.2, 0.25) is 0 Å². The van der Waals surface area contributed by atoms with Gasteiger partial charge in [0.05, 0.1) is 34.8 Å². The Hall–Kier alpha value is -5.93. The SMILES string of the molecule is COc1nc2[nH]cc(F)c2cc1Oc1cc(N2CCC3(CC2)CC(N2CCN(CC4CCOCC4)C[C@H]2c2ccccc2C(C)C)C3)ccc1C(=O)NS(=O)(=O)c1cnc(NCC2CCC(C)(O)CC2)c([N+](=O)[O-])c1. The summed E-state index contributed by atoms with van der Waals surface area (Å²) in [7, 11) is -3.36. The predicted molar refractivity (Wildman–Crippen MR) is 283 cm³/mol. The predicted octanol–water partition coefficient (Wildman–Crippen LogP) is 8.94. The van der Waals surface area contributed by atoms with E-state index in [1.807, 2.05) is 0 Å². The van der Waals surface area contributed by atoms with Crippen LogP contribution in [0.4, 0.5) is 21.6 Å². The summed E-state index contributed by atoms with van der Waals surface area (Å²) in [6.07, 6.45) is 11.2. The Labute approximate surface area is 437 Å². The van der Waals surface area contributed by atoms with Gasteiger partial charge in [-0.3, -0.25) is 24.7 Å².